The summed E-state index contributed by atoms with van der Waals surface area (Å²) in [5.41, 5.74) is 2.75. The van der Waals surface area contributed by atoms with Crippen molar-refractivity contribution in [2.45, 2.75) is 32.2 Å². The van der Waals surface area contributed by atoms with Crippen LogP contribution in [0.2, 0.25) is 0 Å². The molecule has 0 amide bonds. The SMILES string of the molecule is Cc1cncc(CN2CCC(c3nnc4ccc(-n5cccn5)nn34)CC2)n1. The highest BCUT2D eigenvalue weighted by molar-refractivity contribution is 5.39. The van der Waals surface area contributed by atoms with Crippen LogP contribution in [0, 0.1) is 6.92 Å². The van der Waals surface area contributed by atoms with Gasteiger partial charge in [0.15, 0.2) is 17.3 Å². The molecule has 5 heterocycles. The van der Waals surface area contributed by atoms with E-state index in [0.29, 0.717) is 5.92 Å². The van der Waals surface area contributed by atoms with Crippen molar-refractivity contribution in [3.05, 3.63) is 60.2 Å². The van der Waals surface area contributed by atoms with Gasteiger partial charge in [0.05, 0.1) is 11.4 Å². The van der Waals surface area contributed by atoms with Crippen LogP contribution in [-0.4, -0.2) is 57.5 Å². The van der Waals surface area contributed by atoms with E-state index in [1.165, 1.54) is 0 Å². The largest absolute Gasteiger partial charge is 0.297 e. The molecule has 0 saturated carbocycles. The zero-order valence-electron chi connectivity index (χ0n) is 15.7. The molecule has 0 unspecified atom stereocenters. The van der Waals surface area contributed by atoms with E-state index >= 15 is 0 Å². The van der Waals surface area contributed by atoms with Gasteiger partial charge < -0.3 is 0 Å². The monoisotopic (exact) mass is 375 g/mol. The number of hydrogen-bond acceptors (Lipinski definition) is 7. The topological polar surface area (TPSA) is 89.9 Å². The van der Waals surface area contributed by atoms with Gasteiger partial charge in [-0.3, -0.25) is 14.9 Å². The number of aryl methyl sites for hydroxylation is 1. The Hall–Kier alpha value is -3.20. The van der Waals surface area contributed by atoms with Gasteiger partial charge in [0.2, 0.25) is 0 Å². The molecule has 0 atom stereocenters. The minimum absolute atomic E-state index is 0.343. The Bertz CT molecular complexity index is 1080. The highest BCUT2D eigenvalue weighted by Gasteiger charge is 2.25. The summed E-state index contributed by atoms with van der Waals surface area (Å²) in [7, 11) is 0. The molecule has 142 valence electrons. The van der Waals surface area contributed by atoms with E-state index < -0.39 is 0 Å². The Morgan fingerprint density at radius 2 is 2.00 bits per heavy atom. The fourth-order valence-corrected chi connectivity index (χ4v) is 3.75. The molecule has 4 aromatic heterocycles. The fraction of sp³-hybridized carbons (Fsp3) is 0.368. The molecule has 5 rings (SSSR count). The van der Waals surface area contributed by atoms with Crippen molar-refractivity contribution in [2.24, 2.45) is 0 Å². The highest BCUT2D eigenvalue weighted by Crippen LogP contribution is 2.27. The maximum absolute atomic E-state index is 4.71. The predicted molar refractivity (Wildman–Crippen MR) is 102 cm³/mol. The predicted octanol–water partition coefficient (Wildman–Crippen LogP) is 1.79. The summed E-state index contributed by atoms with van der Waals surface area (Å²) >= 11 is 0. The molecular weight excluding hydrogens is 354 g/mol. The Labute approximate surface area is 162 Å². The Balaban J connectivity index is 1.32. The zero-order chi connectivity index (χ0) is 18.9. The van der Waals surface area contributed by atoms with E-state index in [0.717, 1.165) is 61.2 Å². The van der Waals surface area contributed by atoms with Crippen molar-refractivity contribution < 1.29 is 0 Å². The van der Waals surface area contributed by atoms with E-state index in [2.05, 4.69) is 30.2 Å². The molecule has 0 aliphatic carbocycles. The van der Waals surface area contributed by atoms with Crippen molar-refractivity contribution in [3.8, 4) is 5.82 Å². The average molecular weight is 375 g/mol. The van der Waals surface area contributed by atoms with Gasteiger partial charge in [-0.25, -0.2) is 4.68 Å². The smallest absolute Gasteiger partial charge is 0.178 e. The molecule has 1 fully saturated rings. The molecule has 4 aromatic rings. The molecule has 0 spiro atoms. The zero-order valence-corrected chi connectivity index (χ0v) is 15.7. The number of aromatic nitrogens is 8. The Morgan fingerprint density at radius 3 is 2.79 bits per heavy atom. The first-order valence-electron chi connectivity index (χ1n) is 9.48. The summed E-state index contributed by atoms with van der Waals surface area (Å²) in [5, 5.41) is 17.7. The first-order valence-corrected chi connectivity index (χ1v) is 9.48. The maximum Gasteiger partial charge on any atom is 0.178 e. The summed E-state index contributed by atoms with van der Waals surface area (Å²) in [6.07, 6.45) is 9.31. The molecule has 1 saturated heterocycles. The summed E-state index contributed by atoms with van der Waals surface area (Å²) < 4.78 is 3.61. The quantitative estimate of drug-likeness (QED) is 0.537. The van der Waals surface area contributed by atoms with E-state index in [9.17, 15) is 0 Å². The number of rotatable bonds is 4. The standard InChI is InChI=1S/C19H21N9/c1-14-11-20-12-16(22-14)13-26-9-5-15(6-10-26)19-24-23-17-3-4-18(25-28(17)19)27-8-2-7-21-27/h2-4,7-8,11-12,15H,5-6,9-10,13H2,1H3. The van der Waals surface area contributed by atoms with Crippen LogP contribution in [0.4, 0.5) is 0 Å². The Morgan fingerprint density at radius 1 is 1.11 bits per heavy atom. The number of nitrogens with zero attached hydrogens (tertiary/aromatic N) is 9. The van der Waals surface area contributed by atoms with E-state index in [1.54, 1.807) is 17.1 Å². The molecule has 0 radical (unpaired) electrons. The lowest BCUT2D eigenvalue weighted by atomic mass is 9.96. The van der Waals surface area contributed by atoms with Crippen molar-refractivity contribution >= 4 is 5.65 Å². The van der Waals surface area contributed by atoms with Gasteiger partial charge in [0.25, 0.3) is 0 Å². The van der Waals surface area contributed by atoms with Gasteiger partial charge in [-0.15, -0.1) is 15.3 Å². The number of fused-ring (bicyclic) bond motifs is 1. The average Bonchev–Trinajstić information content (AvgIpc) is 3.38. The molecule has 28 heavy (non-hydrogen) atoms. The van der Waals surface area contributed by atoms with Crippen molar-refractivity contribution in [3.63, 3.8) is 0 Å². The third-order valence-electron chi connectivity index (χ3n) is 5.16. The van der Waals surface area contributed by atoms with Crippen molar-refractivity contribution in [1.29, 1.82) is 0 Å². The summed E-state index contributed by atoms with van der Waals surface area (Å²) in [6, 6.07) is 5.73. The van der Waals surface area contributed by atoms with Crippen LogP contribution in [0.1, 0.15) is 36.0 Å². The molecule has 9 heteroatoms. The minimum Gasteiger partial charge on any atom is -0.297 e. The third-order valence-corrected chi connectivity index (χ3v) is 5.16. The second-order valence-electron chi connectivity index (χ2n) is 7.17. The van der Waals surface area contributed by atoms with Gasteiger partial charge in [-0.1, -0.05) is 0 Å². The third kappa shape index (κ3) is 3.24. The first kappa shape index (κ1) is 16.9. The normalized spacial score (nSPS) is 16.0. The molecule has 1 aliphatic heterocycles. The molecule has 9 nitrogen and oxygen atoms in total. The summed E-state index contributed by atoms with van der Waals surface area (Å²) in [4.78, 5) is 11.2. The molecule has 0 bridgehead atoms. The van der Waals surface area contributed by atoms with Crippen LogP contribution in [0.15, 0.2) is 43.0 Å². The second-order valence-corrected chi connectivity index (χ2v) is 7.17. The number of piperidine rings is 1. The lowest BCUT2D eigenvalue weighted by Crippen LogP contribution is -2.33. The molecule has 0 aromatic carbocycles. The van der Waals surface area contributed by atoms with Crippen LogP contribution in [0.3, 0.4) is 0 Å². The van der Waals surface area contributed by atoms with Crippen molar-refractivity contribution in [1.82, 2.24) is 44.5 Å². The summed E-state index contributed by atoms with van der Waals surface area (Å²) in [5.74, 6) is 2.03. The molecule has 0 N–H and O–H groups in total. The van der Waals surface area contributed by atoms with E-state index in [1.807, 2.05) is 42.0 Å². The van der Waals surface area contributed by atoms with Crippen LogP contribution in [0.5, 0.6) is 0 Å². The van der Waals surface area contributed by atoms with Crippen LogP contribution >= 0.6 is 0 Å². The minimum atomic E-state index is 0.343. The van der Waals surface area contributed by atoms with Gasteiger partial charge >= 0.3 is 0 Å². The van der Waals surface area contributed by atoms with Gasteiger partial charge in [0.1, 0.15) is 0 Å². The van der Waals surface area contributed by atoms with Crippen LogP contribution < -0.4 is 0 Å². The highest BCUT2D eigenvalue weighted by atomic mass is 15.4. The van der Waals surface area contributed by atoms with Crippen LogP contribution in [-0.2, 0) is 6.54 Å². The van der Waals surface area contributed by atoms with Gasteiger partial charge in [0, 0.05) is 37.3 Å². The Kier molecular flexibility index (Phi) is 4.28. The lowest BCUT2D eigenvalue weighted by Gasteiger charge is -2.30. The number of likely N-dealkylation sites (tertiary alicyclic amines) is 1. The first-order chi connectivity index (χ1) is 13.8. The summed E-state index contributed by atoms with van der Waals surface area (Å²) in [6.45, 7) is 4.80. The van der Waals surface area contributed by atoms with Gasteiger partial charge in [-0.2, -0.15) is 9.61 Å². The van der Waals surface area contributed by atoms with E-state index in [-0.39, 0.29) is 0 Å². The fourth-order valence-electron chi connectivity index (χ4n) is 3.75. The van der Waals surface area contributed by atoms with Crippen molar-refractivity contribution in [2.75, 3.05) is 13.1 Å². The lowest BCUT2D eigenvalue weighted by molar-refractivity contribution is 0.198. The van der Waals surface area contributed by atoms with Crippen LogP contribution in [0.25, 0.3) is 11.5 Å². The molecule has 1 aliphatic rings. The number of hydrogen-bond donors (Lipinski definition) is 0. The van der Waals surface area contributed by atoms with Gasteiger partial charge in [-0.05, 0) is 51.1 Å². The second kappa shape index (κ2) is 7.08. The maximum atomic E-state index is 4.71. The van der Waals surface area contributed by atoms with E-state index in [4.69, 9.17) is 5.10 Å². The molecular formula is C19H21N9.